The van der Waals surface area contributed by atoms with E-state index in [1.807, 2.05) is 0 Å². The predicted octanol–water partition coefficient (Wildman–Crippen LogP) is 7.64. The first-order chi connectivity index (χ1) is 12.8. The Morgan fingerprint density at radius 1 is 0.885 bits per heavy atom. The van der Waals surface area contributed by atoms with E-state index in [4.69, 9.17) is 0 Å². The van der Waals surface area contributed by atoms with Crippen LogP contribution in [-0.4, -0.2) is 6.67 Å². The smallest absolute Gasteiger partial charge is 0.0928 e. The van der Waals surface area contributed by atoms with Crippen LogP contribution in [-0.2, 0) is 6.42 Å². The summed E-state index contributed by atoms with van der Waals surface area (Å²) in [7, 11) is 0. The summed E-state index contributed by atoms with van der Waals surface area (Å²) in [4.78, 5) is 0. The molecule has 0 spiro atoms. The second-order valence-electron chi connectivity index (χ2n) is 8.68. The molecule has 0 nitrogen and oxygen atoms in total. The highest BCUT2D eigenvalue weighted by Crippen LogP contribution is 2.44. The van der Waals surface area contributed by atoms with E-state index in [9.17, 15) is 4.39 Å². The Kier molecular flexibility index (Phi) is 7.77. The van der Waals surface area contributed by atoms with Gasteiger partial charge in [-0.05, 0) is 99.0 Å². The molecular weight excluding hydrogens is 319 g/mol. The zero-order chi connectivity index (χ0) is 18.2. The standard InChI is InChI=1S/C25H37F/c1-2-5-20-7-11-22(12-8-20)24-15-17-25(18-16-24)23-13-9-21(10-14-23)6-3-4-19-26/h3,6-8,11-12,21,23-25H,2,4-5,9-10,13-19H2,1H3/b6-3+/t21-,23-,24?,25?. The maximum Gasteiger partial charge on any atom is 0.0928 e. The largest absolute Gasteiger partial charge is 0.251 e. The summed E-state index contributed by atoms with van der Waals surface area (Å²) in [5, 5.41) is 0. The molecule has 2 fully saturated rings. The van der Waals surface area contributed by atoms with E-state index in [1.165, 1.54) is 69.8 Å². The average molecular weight is 357 g/mol. The Bertz CT molecular complexity index is 528. The minimum atomic E-state index is -0.212. The summed E-state index contributed by atoms with van der Waals surface area (Å²) in [5.41, 5.74) is 3.06. The van der Waals surface area contributed by atoms with Gasteiger partial charge in [0.1, 0.15) is 0 Å². The van der Waals surface area contributed by atoms with Gasteiger partial charge >= 0.3 is 0 Å². The fourth-order valence-corrected chi connectivity index (χ4v) is 5.33. The Morgan fingerprint density at radius 3 is 2.08 bits per heavy atom. The van der Waals surface area contributed by atoms with Crippen molar-refractivity contribution < 1.29 is 4.39 Å². The number of benzene rings is 1. The fraction of sp³-hybridized carbons (Fsp3) is 0.680. The van der Waals surface area contributed by atoms with Gasteiger partial charge in [-0.1, -0.05) is 49.8 Å². The number of hydrogen-bond donors (Lipinski definition) is 0. The van der Waals surface area contributed by atoms with Gasteiger partial charge in [0, 0.05) is 0 Å². The highest BCUT2D eigenvalue weighted by atomic mass is 19.1. The van der Waals surface area contributed by atoms with Crippen LogP contribution in [0.15, 0.2) is 36.4 Å². The number of hydrogen-bond acceptors (Lipinski definition) is 0. The van der Waals surface area contributed by atoms with Crippen molar-refractivity contribution in [3.05, 3.63) is 47.5 Å². The zero-order valence-corrected chi connectivity index (χ0v) is 16.6. The Labute approximate surface area is 160 Å². The quantitative estimate of drug-likeness (QED) is 0.440. The van der Waals surface area contributed by atoms with Gasteiger partial charge in [0.25, 0.3) is 0 Å². The van der Waals surface area contributed by atoms with E-state index >= 15 is 0 Å². The van der Waals surface area contributed by atoms with Crippen LogP contribution in [0.4, 0.5) is 4.39 Å². The van der Waals surface area contributed by atoms with Crippen molar-refractivity contribution in [3.63, 3.8) is 0 Å². The summed E-state index contributed by atoms with van der Waals surface area (Å²) >= 11 is 0. The minimum Gasteiger partial charge on any atom is -0.251 e. The molecular formula is C25H37F. The molecule has 144 valence electrons. The van der Waals surface area contributed by atoms with Crippen LogP contribution >= 0.6 is 0 Å². The van der Waals surface area contributed by atoms with Gasteiger partial charge in [-0.3, -0.25) is 4.39 Å². The minimum absolute atomic E-state index is 0.212. The normalized spacial score (nSPS) is 29.9. The number of allylic oxidation sites excluding steroid dienone is 2. The Morgan fingerprint density at radius 2 is 1.50 bits per heavy atom. The van der Waals surface area contributed by atoms with Crippen LogP contribution in [0, 0.1) is 17.8 Å². The molecule has 0 atom stereocenters. The first-order valence-electron chi connectivity index (χ1n) is 11.1. The molecule has 0 bridgehead atoms. The van der Waals surface area contributed by atoms with Crippen molar-refractivity contribution >= 4 is 0 Å². The average Bonchev–Trinajstić information content (AvgIpc) is 2.70. The predicted molar refractivity (Wildman–Crippen MR) is 110 cm³/mol. The lowest BCUT2D eigenvalue weighted by atomic mass is 9.68. The number of halogens is 1. The van der Waals surface area contributed by atoms with E-state index in [-0.39, 0.29) is 6.67 Å². The van der Waals surface area contributed by atoms with Gasteiger partial charge in [-0.25, -0.2) is 0 Å². The maximum absolute atomic E-state index is 12.2. The van der Waals surface area contributed by atoms with Crippen molar-refractivity contribution in [2.75, 3.05) is 6.67 Å². The second kappa shape index (κ2) is 10.3. The summed E-state index contributed by atoms with van der Waals surface area (Å²) in [5.74, 6) is 3.42. The number of alkyl halides is 1. The van der Waals surface area contributed by atoms with Gasteiger partial charge in [-0.2, -0.15) is 0 Å². The third kappa shape index (κ3) is 5.44. The van der Waals surface area contributed by atoms with Crippen molar-refractivity contribution in [1.29, 1.82) is 0 Å². The van der Waals surface area contributed by atoms with Gasteiger partial charge in [0.2, 0.25) is 0 Å². The lowest BCUT2D eigenvalue weighted by Gasteiger charge is -2.37. The third-order valence-electron chi connectivity index (χ3n) is 6.93. The lowest BCUT2D eigenvalue weighted by molar-refractivity contribution is 0.171. The van der Waals surface area contributed by atoms with Crippen molar-refractivity contribution in [2.45, 2.75) is 83.5 Å². The number of rotatable bonds is 7. The topological polar surface area (TPSA) is 0 Å². The van der Waals surface area contributed by atoms with Crippen LogP contribution in [0.1, 0.15) is 88.2 Å². The maximum atomic E-state index is 12.2. The molecule has 1 heteroatoms. The molecule has 0 aliphatic heterocycles. The van der Waals surface area contributed by atoms with Gasteiger partial charge in [-0.15, -0.1) is 0 Å². The highest BCUT2D eigenvalue weighted by Gasteiger charge is 2.30. The zero-order valence-electron chi connectivity index (χ0n) is 16.6. The highest BCUT2D eigenvalue weighted by molar-refractivity contribution is 5.26. The van der Waals surface area contributed by atoms with Crippen LogP contribution in [0.5, 0.6) is 0 Å². The molecule has 0 saturated heterocycles. The molecule has 3 rings (SSSR count). The molecule has 2 aliphatic carbocycles. The SMILES string of the molecule is CCCc1ccc(C2CCC([C@H]3CC[C@H](/C=C/CCF)CC3)CC2)cc1. The molecule has 0 amide bonds. The van der Waals surface area contributed by atoms with E-state index in [0.717, 1.165) is 23.7 Å². The van der Waals surface area contributed by atoms with Crippen LogP contribution in [0.2, 0.25) is 0 Å². The van der Waals surface area contributed by atoms with Gasteiger partial charge < -0.3 is 0 Å². The Hall–Kier alpha value is -1.11. The van der Waals surface area contributed by atoms with E-state index < -0.39 is 0 Å². The molecule has 1 aromatic carbocycles. The molecule has 0 radical (unpaired) electrons. The van der Waals surface area contributed by atoms with Crippen LogP contribution in [0.3, 0.4) is 0 Å². The summed E-state index contributed by atoms with van der Waals surface area (Å²) in [6.07, 6.45) is 18.4. The first-order valence-corrected chi connectivity index (χ1v) is 11.1. The van der Waals surface area contributed by atoms with Crippen molar-refractivity contribution in [1.82, 2.24) is 0 Å². The number of aryl methyl sites for hydroxylation is 1. The summed E-state index contributed by atoms with van der Waals surface area (Å²) < 4.78 is 12.2. The van der Waals surface area contributed by atoms with Crippen LogP contribution < -0.4 is 0 Å². The molecule has 1 aromatic rings. The molecule has 2 aliphatic rings. The van der Waals surface area contributed by atoms with Crippen molar-refractivity contribution in [3.8, 4) is 0 Å². The molecule has 0 unspecified atom stereocenters. The Balaban J connectivity index is 1.42. The lowest BCUT2D eigenvalue weighted by Crippen LogP contribution is -2.25. The van der Waals surface area contributed by atoms with E-state index in [0.29, 0.717) is 6.42 Å². The third-order valence-corrected chi connectivity index (χ3v) is 6.93. The summed E-state index contributed by atoms with van der Waals surface area (Å²) in [6, 6.07) is 9.49. The fourth-order valence-electron chi connectivity index (χ4n) is 5.33. The second-order valence-corrected chi connectivity index (χ2v) is 8.68. The monoisotopic (exact) mass is 356 g/mol. The molecule has 2 saturated carbocycles. The molecule has 0 aromatic heterocycles. The molecule has 0 N–H and O–H groups in total. The molecule has 26 heavy (non-hydrogen) atoms. The van der Waals surface area contributed by atoms with Crippen LogP contribution in [0.25, 0.3) is 0 Å². The van der Waals surface area contributed by atoms with Crippen molar-refractivity contribution in [2.24, 2.45) is 17.8 Å². The first kappa shape index (κ1) is 19.6. The molecule has 0 heterocycles. The van der Waals surface area contributed by atoms with Gasteiger partial charge in [0.15, 0.2) is 0 Å². The van der Waals surface area contributed by atoms with E-state index in [2.05, 4.69) is 43.3 Å². The van der Waals surface area contributed by atoms with Gasteiger partial charge in [0.05, 0.1) is 6.67 Å². The van der Waals surface area contributed by atoms with E-state index in [1.54, 1.807) is 5.56 Å². The summed E-state index contributed by atoms with van der Waals surface area (Å²) in [6.45, 7) is 2.04.